The largest absolute Gasteiger partial charge is 0.466 e. The number of ether oxygens (including phenoxy) is 1. The molecule has 60 valence electrons. The molecule has 0 saturated heterocycles. The third kappa shape index (κ3) is 6.59. The average molecular weight is 153 g/mol. The van der Waals surface area contributed by atoms with Gasteiger partial charge in [0.15, 0.2) is 0 Å². The Morgan fingerprint density at radius 3 is 3.00 bits per heavy atom. The van der Waals surface area contributed by atoms with Crippen molar-refractivity contribution in [2.75, 3.05) is 6.61 Å². The highest BCUT2D eigenvalue weighted by atomic mass is 16.5. The van der Waals surface area contributed by atoms with Crippen LogP contribution in [0.15, 0.2) is 12.2 Å². The minimum Gasteiger partial charge on any atom is -0.466 e. The Morgan fingerprint density at radius 2 is 2.45 bits per heavy atom. The summed E-state index contributed by atoms with van der Waals surface area (Å²) in [4.78, 5) is 10.7. The average Bonchev–Trinajstić information content (AvgIpc) is 1.99. The first-order valence-corrected chi connectivity index (χ1v) is 3.51. The molecule has 0 aliphatic heterocycles. The number of rotatable bonds is 4. The van der Waals surface area contributed by atoms with Gasteiger partial charge in [-0.2, -0.15) is 5.26 Å². The van der Waals surface area contributed by atoms with E-state index in [0.717, 1.165) is 0 Å². The Kier molecular flexibility index (Phi) is 6.01. The van der Waals surface area contributed by atoms with Crippen LogP contribution in [0.5, 0.6) is 0 Å². The lowest BCUT2D eigenvalue weighted by atomic mass is 10.3. The maximum Gasteiger partial charge on any atom is 0.306 e. The van der Waals surface area contributed by atoms with Crippen molar-refractivity contribution in [2.24, 2.45) is 0 Å². The minimum absolute atomic E-state index is 0.213. The lowest BCUT2D eigenvalue weighted by Crippen LogP contribution is -2.02. The second kappa shape index (κ2) is 6.81. The van der Waals surface area contributed by atoms with E-state index in [1.165, 1.54) is 6.08 Å². The molecule has 3 nitrogen and oxygen atoms in total. The molecule has 0 amide bonds. The first-order chi connectivity index (χ1) is 5.31. The molecule has 0 fully saturated rings. The van der Waals surface area contributed by atoms with Crippen LogP contribution >= 0.6 is 0 Å². The fourth-order valence-electron chi connectivity index (χ4n) is 0.570. The summed E-state index contributed by atoms with van der Waals surface area (Å²) in [6, 6.07) is 1.84. The van der Waals surface area contributed by atoms with E-state index in [9.17, 15) is 4.79 Å². The van der Waals surface area contributed by atoms with E-state index >= 15 is 0 Å². The topological polar surface area (TPSA) is 50.1 Å². The van der Waals surface area contributed by atoms with Gasteiger partial charge in [0, 0.05) is 12.5 Å². The monoisotopic (exact) mass is 153 g/mol. The van der Waals surface area contributed by atoms with E-state index in [1.807, 2.05) is 6.07 Å². The number of hydrogen-bond acceptors (Lipinski definition) is 3. The van der Waals surface area contributed by atoms with Gasteiger partial charge in [0.05, 0.1) is 12.7 Å². The fraction of sp³-hybridized carbons (Fsp3) is 0.500. The quantitative estimate of drug-likeness (QED) is 0.453. The fourth-order valence-corrected chi connectivity index (χ4v) is 0.570. The van der Waals surface area contributed by atoms with Crippen LogP contribution in [0.3, 0.4) is 0 Å². The molecule has 0 N–H and O–H groups in total. The number of carbonyl (C=O) groups is 1. The third-order valence-electron chi connectivity index (χ3n) is 1.01. The number of hydrogen-bond donors (Lipinski definition) is 0. The second-order valence-corrected chi connectivity index (χ2v) is 1.88. The zero-order chi connectivity index (χ0) is 8.53. The van der Waals surface area contributed by atoms with E-state index < -0.39 is 0 Å². The molecule has 0 unspecified atom stereocenters. The summed E-state index contributed by atoms with van der Waals surface area (Å²) < 4.78 is 4.67. The van der Waals surface area contributed by atoms with E-state index in [0.29, 0.717) is 19.4 Å². The van der Waals surface area contributed by atoms with Crippen LogP contribution in [0.2, 0.25) is 0 Å². The van der Waals surface area contributed by atoms with Gasteiger partial charge < -0.3 is 4.74 Å². The third-order valence-corrected chi connectivity index (χ3v) is 1.01. The van der Waals surface area contributed by atoms with Gasteiger partial charge in [-0.3, -0.25) is 4.79 Å². The standard InChI is InChI=1S/C8H11NO2/c1-2-11-8(10)6-4-3-5-7-9/h3,5H,2,4,6H2,1H3/b5-3+. The Morgan fingerprint density at radius 1 is 1.73 bits per heavy atom. The highest BCUT2D eigenvalue weighted by Crippen LogP contribution is 1.93. The predicted octanol–water partition coefficient (Wildman–Crippen LogP) is 1.41. The van der Waals surface area contributed by atoms with Crippen LogP contribution in [-0.4, -0.2) is 12.6 Å². The van der Waals surface area contributed by atoms with Crippen molar-refractivity contribution in [1.82, 2.24) is 0 Å². The SMILES string of the molecule is CCOC(=O)CC/C=C/C#N. The molecule has 0 heterocycles. The molecule has 0 rings (SSSR count). The maximum absolute atomic E-state index is 10.7. The number of esters is 1. The number of allylic oxidation sites excluding steroid dienone is 2. The van der Waals surface area contributed by atoms with Crippen molar-refractivity contribution < 1.29 is 9.53 Å². The molecule has 0 aromatic heterocycles. The zero-order valence-corrected chi connectivity index (χ0v) is 6.54. The molecule has 0 bridgehead atoms. The van der Waals surface area contributed by atoms with Crippen LogP contribution in [0, 0.1) is 11.3 Å². The summed E-state index contributed by atoms with van der Waals surface area (Å²) in [7, 11) is 0. The summed E-state index contributed by atoms with van der Waals surface area (Å²) >= 11 is 0. The zero-order valence-electron chi connectivity index (χ0n) is 6.54. The van der Waals surface area contributed by atoms with Gasteiger partial charge >= 0.3 is 5.97 Å². The van der Waals surface area contributed by atoms with Crippen LogP contribution < -0.4 is 0 Å². The highest BCUT2D eigenvalue weighted by molar-refractivity contribution is 5.69. The number of carbonyl (C=O) groups excluding carboxylic acids is 1. The minimum atomic E-state index is -0.213. The van der Waals surface area contributed by atoms with Crippen molar-refractivity contribution in [2.45, 2.75) is 19.8 Å². The normalized spacial score (nSPS) is 9.45. The highest BCUT2D eigenvalue weighted by Gasteiger charge is 1.97. The molecule has 0 atom stereocenters. The molecular formula is C8H11NO2. The van der Waals surface area contributed by atoms with Crippen LogP contribution in [0.25, 0.3) is 0 Å². The lowest BCUT2D eigenvalue weighted by molar-refractivity contribution is -0.142. The Labute approximate surface area is 66.3 Å². The molecule has 0 spiro atoms. The van der Waals surface area contributed by atoms with Crippen molar-refractivity contribution in [3.8, 4) is 6.07 Å². The Bertz CT molecular complexity index is 179. The molecular weight excluding hydrogens is 142 g/mol. The summed E-state index contributed by atoms with van der Waals surface area (Å²) in [5.74, 6) is -0.213. The molecule has 0 aromatic carbocycles. The van der Waals surface area contributed by atoms with Crippen molar-refractivity contribution in [3.63, 3.8) is 0 Å². The van der Waals surface area contributed by atoms with Gasteiger partial charge in [-0.15, -0.1) is 0 Å². The van der Waals surface area contributed by atoms with E-state index in [2.05, 4.69) is 4.74 Å². The van der Waals surface area contributed by atoms with Crippen LogP contribution in [-0.2, 0) is 9.53 Å². The van der Waals surface area contributed by atoms with Crippen molar-refractivity contribution in [1.29, 1.82) is 5.26 Å². The van der Waals surface area contributed by atoms with Gasteiger partial charge in [-0.25, -0.2) is 0 Å². The van der Waals surface area contributed by atoms with Gasteiger partial charge in [0.2, 0.25) is 0 Å². The molecule has 0 aliphatic carbocycles. The molecule has 0 saturated carbocycles. The molecule has 3 heteroatoms. The first kappa shape index (κ1) is 9.70. The summed E-state index contributed by atoms with van der Waals surface area (Å²) in [6.07, 6.45) is 3.94. The smallest absolute Gasteiger partial charge is 0.306 e. The van der Waals surface area contributed by atoms with Gasteiger partial charge in [-0.1, -0.05) is 6.08 Å². The van der Waals surface area contributed by atoms with Gasteiger partial charge in [0.1, 0.15) is 0 Å². The summed E-state index contributed by atoms with van der Waals surface area (Å²) in [5, 5.41) is 8.08. The lowest BCUT2D eigenvalue weighted by Gasteiger charge is -1.97. The molecule has 0 aromatic rings. The van der Waals surface area contributed by atoms with E-state index in [4.69, 9.17) is 5.26 Å². The summed E-state index contributed by atoms with van der Waals surface area (Å²) in [6.45, 7) is 2.18. The Balaban J connectivity index is 3.33. The van der Waals surface area contributed by atoms with Crippen LogP contribution in [0.1, 0.15) is 19.8 Å². The molecule has 11 heavy (non-hydrogen) atoms. The van der Waals surface area contributed by atoms with Crippen molar-refractivity contribution >= 4 is 5.97 Å². The molecule has 0 aliphatic rings. The maximum atomic E-state index is 10.7. The van der Waals surface area contributed by atoms with Crippen molar-refractivity contribution in [3.05, 3.63) is 12.2 Å². The predicted molar refractivity (Wildman–Crippen MR) is 40.6 cm³/mol. The second-order valence-electron chi connectivity index (χ2n) is 1.88. The first-order valence-electron chi connectivity index (χ1n) is 3.51. The van der Waals surface area contributed by atoms with Crippen LogP contribution in [0.4, 0.5) is 0 Å². The van der Waals surface area contributed by atoms with Gasteiger partial charge in [-0.05, 0) is 13.3 Å². The van der Waals surface area contributed by atoms with Gasteiger partial charge in [0.25, 0.3) is 0 Å². The number of nitrogens with zero attached hydrogens (tertiary/aromatic N) is 1. The molecule has 0 radical (unpaired) electrons. The van der Waals surface area contributed by atoms with E-state index in [1.54, 1.807) is 13.0 Å². The Hall–Kier alpha value is -1.30. The number of nitriles is 1. The van der Waals surface area contributed by atoms with E-state index in [-0.39, 0.29) is 5.97 Å². The summed E-state index contributed by atoms with van der Waals surface area (Å²) in [5.41, 5.74) is 0.